The summed E-state index contributed by atoms with van der Waals surface area (Å²) in [5.41, 5.74) is 2.78. The number of carbonyl (C=O) groups excluding carboxylic acids is 1. The number of hydrogen-bond donors (Lipinski definition) is 2. The third kappa shape index (κ3) is 2.19. The summed E-state index contributed by atoms with van der Waals surface area (Å²) < 4.78 is 0. The van der Waals surface area contributed by atoms with Crippen molar-refractivity contribution in [1.82, 2.24) is 5.48 Å². The van der Waals surface area contributed by atoms with Gasteiger partial charge in [0.1, 0.15) is 5.54 Å². The summed E-state index contributed by atoms with van der Waals surface area (Å²) in [5, 5.41) is 8.81. The molecule has 0 heterocycles. The summed E-state index contributed by atoms with van der Waals surface area (Å²) in [7, 11) is 0. The van der Waals surface area contributed by atoms with E-state index in [1.54, 1.807) is 26.0 Å². The Morgan fingerprint density at radius 1 is 1.29 bits per heavy atom. The quantitative estimate of drug-likeness (QED) is 0.569. The third-order valence-corrected chi connectivity index (χ3v) is 2.16. The van der Waals surface area contributed by atoms with Gasteiger partial charge in [0.05, 0.1) is 0 Å². The van der Waals surface area contributed by atoms with Crippen molar-refractivity contribution in [3.63, 3.8) is 0 Å². The molecule has 0 spiro atoms. The molecular formula is C11H15NO2. The average molecular weight is 193 g/mol. The highest BCUT2D eigenvalue weighted by Crippen LogP contribution is 2.12. The Morgan fingerprint density at radius 3 is 2.21 bits per heavy atom. The molecule has 0 aliphatic rings. The second-order valence-corrected chi connectivity index (χ2v) is 3.93. The highest BCUT2D eigenvalue weighted by molar-refractivity contribution is 6.02. The number of Topliss-reactive ketones (excluding diaryl/α,β-unsaturated/α-hetero) is 1. The number of hydroxylamine groups is 1. The Balaban J connectivity index is 2.96. The van der Waals surface area contributed by atoms with Crippen molar-refractivity contribution in [1.29, 1.82) is 0 Å². The molecule has 1 aromatic rings. The first kappa shape index (κ1) is 10.9. The van der Waals surface area contributed by atoms with Crippen LogP contribution in [0.1, 0.15) is 29.8 Å². The minimum Gasteiger partial charge on any atom is -0.316 e. The van der Waals surface area contributed by atoms with Gasteiger partial charge in [-0.1, -0.05) is 29.8 Å². The molecule has 2 N–H and O–H groups in total. The molecule has 3 nitrogen and oxygen atoms in total. The smallest absolute Gasteiger partial charge is 0.184 e. The van der Waals surface area contributed by atoms with E-state index in [0.29, 0.717) is 5.56 Å². The molecule has 0 fully saturated rings. The van der Waals surface area contributed by atoms with Crippen LogP contribution in [0.2, 0.25) is 0 Å². The standard InChI is InChI=1S/C11H15NO2/c1-8-4-6-9(7-5-8)10(13)11(2,3)12-14/h4-7,12,14H,1-3H3. The van der Waals surface area contributed by atoms with Gasteiger partial charge in [-0.2, -0.15) is 5.48 Å². The van der Waals surface area contributed by atoms with Gasteiger partial charge in [-0.15, -0.1) is 0 Å². The van der Waals surface area contributed by atoms with Crippen molar-refractivity contribution in [3.05, 3.63) is 35.4 Å². The van der Waals surface area contributed by atoms with E-state index < -0.39 is 5.54 Å². The lowest BCUT2D eigenvalue weighted by Gasteiger charge is -2.20. The number of hydrogen-bond acceptors (Lipinski definition) is 3. The summed E-state index contributed by atoms with van der Waals surface area (Å²) >= 11 is 0. The first-order chi connectivity index (χ1) is 6.47. The fourth-order valence-electron chi connectivity index (χ4n) is 1.12. The Hall–Kier alpha value is -1.19. The fourth-order valence-corrected chi connectivity index (χ4v) is 1.12. The van der Waals surface area contributed by atoms with Crippen LogP contribution in [-0.2, 0) is 0 Å². The van der Waals surface area contributed by atoms with Crippen LogP contribution in [0.3, 0.4) is 0 Å². The first-order valence-electron chi connectivity index (χ1n) is 4.50. The molecule has 1 aromatic carbocycles. The summed E-state index contributed by atoms with van der Waals surface area (Å²) in [6.45, 7) is 5.23. The van der Waals surface area contributed by atoms with Gasteiger partial charge < -0.3 is 5.21 Å². The van der Waals surface area contributed by atoms with Crippen molar-refractivity contribution >= 4 is 5.78 Å². The Morgan fingerprint density at radius 2 is 1.79 bits per heavy atom. The zero-order valence-electron chi connectivity index (χ0n) is 8.66. The molecule has 0 amide bonds. The maximum absolute atomic E-state index is 11.8. The van der Waals surface area contributed by atoms with Crippen molar-refractivity contribution in [2.24, 2.45) is 0 Å². The second kappa shape index (κ2) is 3.90. The van der Waals surface area contributed by atoms with E-state index in [-0.39, 0.29) is 5.78 Å². The normalized spacial score (nSPS) is 11.4. The molecule has 0 unspecified atom stereocenters. The molecule has 0 atom stereocenters. The summed E-state index contributed by atoms with van der Waals surface area (Å²) in [6.07, 6.45) is 0. The number of aryl methyl sites for hydroxylation is 1. The lowest BCUT2D eigenvalue weighted by molar-refractivity contribution is 0.0569. The van der Waals surface area contributed by atoms with Crippen LogP contribution >= 0.6 is 0 Å². The van der Waals surface area contributed by atoms with Gasteiger partial charge in [0, 0.05) is 5.56 Å². The van der Waals surface area contributed by atoms with Crippen LogP contribution in [-0.4, -0.2) is 16.5 Å². The monoisotopic (exact) mass is 193 g/mol. The van der Waals surface area contributed by atoms with Gasteiger partial charge >= 0.3 is 0 Å². The van der Waals surface area contributed by atoms with Crippen molar-refractivity contribution < 1.29 is 10.0 Å². The lowest BCUT2D eigenvalue weighted by Crippen LogP contribution is -2.44. The summed E-state index contributed by atoms with van der Waals surface area (Å²) in [4.78, 5) is 11.8. The molecule has 0 bridgehead atoms. The van der Waals surface area contributed by atoms with Crippen LogP contribution in [0.25, 0.3) is 0 Å². The number of benzene rings is 1. The molecule has 0 saturated carbocycles. The average Bonchev–Trinajstić information content (AvgIpc) is 2.18. The molecule has 14 heavy (non-hydrogen) atoms. The SMILES string of the molecule is Cc1ccc(C(=O)C(C)(C)NO)cc1. The van der Waals surface area contributed by atoms with Gasteiger partial charge in [0.25, 0.3) is 0 Å². The Kier molecular flexibility index (Phi) is 3.03. The minimum atomic E-state index is -0.935. The summed E-state index contributed by atoms with van der Waals surface area (Å²) in [5.74, 6) is -0.125. The lowest BCUT2D eigenvalue weighted by atomic mass is 9.94. The fraction of sp³-hybridized carbons (Fsp3) is 0.364. The largest absolute Gasteiger partial charge is 0.316 e. The predicted molar refractivity (Wildman–Crippen MR) is 54.5 cm³/mol. The van der Waals surface area contributed by atoms with Gasteiger partial charge in [-0.25, -0.2) is 0 Å². The van der Waals surface area contributed by atoms with E-state index >= 15 is 0 Å². The number of ketones is 1. The topological polar surface area (TPSA) is 49.3 Å². The maximum Gasteiger partial charge on any atom is 0.184 e. The molecule has 0 aliphatic heterocycles. The Labute approximate surface area is 83.7 Å². The van der Waals surface area contributed by atoms with E-state index in [0.717, 1.165) is 5.56 Å². The Bertz CT molecular complexity index is 328. The van der Waals surface area contributed by atoms with Crippen molar-refractivity contribution in [3.8, 4) is 0 Å². The van der Waals surface area contributed by atoms with E-state index in [9.17, 15) is 4.79 Å². The zero-order chi connectivity index (χ0) is 10.8. The third-order valence-electron chi connectivity index (χ3n) is 2.16. The highest BCUT2D eigenvalue weighted by Gasteiger charge is 2.27. The van der Waals surface area contributed by atoms with Crippen molar-refractivity contribution in [2.45, 2.75) is 26.3 Å². The van der Waals surface area contributed by atoms with E-state index in [1.807, 2.05) is 24.5 Å². The molecule has 0 aromatic heterocycles. The second-order valence-electron chi connectivity index (χ2n) is 3.93. The molecule has 0 saturated heterocycles. The number of carbonyl (C=O) groups is 1. The van der Waals surface area contributed by atoms with Gasteiger partial charge in [0.2, 0.25) is 0 Å². The predicted octanol–water partition coefficient (Wildman–Crippen LogP) is 1.94. The zero-order valence-corrected chi connectivity index (χ0v) is 8.66. The number of nitrogens with one attached hydrogen (secondary N) is 1. The molecule has 0 radical (unpaired) electrons. The van der Waals surface area contributed by atoms with Crippen molar-refractivity contribution in [2.75, 3.05) is 0 Å². The van der Waals surface area contributed by atoms with Crippen LogP contribution in [0, 0.1) is 6.92 Å². The van der Waals surface area contributed by atoms with E-state index in [1.165, 1.54) is 0 Å². The molecule has 76 valence electrons. The molecular weight excluding hydrogens is 178 g/mol. The molecule has 3 heteroatoms. The van der Waals surface area contributed by atoms with Crippen LogP contribution in [0.4, 0.5) is 0 Å². The number of rotatable bonds is 3. The van der Waals surface area contributed by atoms with Crippen LogP contribution in [0.15, 0.2) is 24.3 Å². The molecule has 1 rings (SSSR count). The van der Waals surface area contributed by atoms with E-state index in [4.69, 9.17) is 5.21 Å². The van der Waals surface area contributed by atoms with Crippen LogP contribution < -0.4 is 5.48 Å². The minimum absolute atomic E-state index is 0.125. The van der Waals surface area contributed by atoms with E-state index in [2.05, 4.69) is 0 Å². The molecule has 0 aliphatic carbocycles. The first-order valence-corrected chi connectivity index (χ1v) is 4.50. The maximum atomic E-state index is 11.8. The summed E-state index contributed by atoms with van der Waals surface area (Å²) in [6, 6.07) is 7.27. The van der Waals surface area contributed by atoms with Crippen LogP contribution in [0.5, 0.6) is 0 Å². The van der Waals surface area contributed by atoms with Gasteiger partial charge in [-0.05, 0) is 20.8 Å². The van der Waals surface area contributed by atoms with Gasteiger partial charge in [0.15, 0.2) is 5.78 Å². The van der Waals surface area contributed by atoms with Gasteiger partial charge in [-0.3, -0.25) is 4.79 Å². The highest BCUT2D eigenvalue weighted by atomic mass is 16.5.